The molecule has 4 rings (SSSR count). The third-order valence-corrected chi connectivity index (χ3v) is 4.73. The van der Waals surface area contributed by atoms with Gasteiger partial charge in [0, 0.05) is 25.2 Å². The van der Waals surface area contributed by atoms with Gasteiger partial charge in [-0.3, -0.25) is 4.79 Å². The minimum Gasteiger partial charge on any atom is -0.497 e. The number of ether oxygens (including phenoxy) is 3. The number of hydrogen-bond donors (Lipinski definition) is 2. The lowest BCUT2D eigenvalue weighted by atomic mass is 10.2. The topological polar surface area (TPSA) is 89.1 Å². The van der Waals surface area contributed by atoms with Crippen LogP contribution in [-0.4, -0.2) is 38.4 Å². The van der Waals surface area contributed by atoms with Crippen molar-refractivity contribution in [2.24, 2.45) is 0 Å². The molecule has 3 amide bonds. The van der Waals surface area contributed by atoms with Gasteiger partial charge >= 0.3 is 6.03 Å². The van der Waals surface area contributed by atoms with Crippen LogP contribution in [0.2, 0.25) is 0 Å². The molecule has 0 aromatic heterocycles. The van der Waals surface area contributed by atoms with Gasteiger partial charge in [-0.15, -0.1) is 0 Å². The molecule has 2 aromatic carbocycles. The Bertz CT molecular complexity index is 884. The second-order valence-corrected chi connectivity index (χ2v) is 6.62. The van der Waals surface area contributed by atoms with Crippen LogP contribution in [0.15, 0.2) is 42.5 Å². The number of urea groups is 1. The SMILES string of the molecule is COc1ccc(N2C[C@H](NC(=O)NCc3ccc4c(c3)OCO4)CC2=O)cc1. The molecule has 1 saturated heterocycles. The van der Waals surface area contributed by atoms with Crippen molar-refractivity contribution >= 4 is 17.6 Å². The fourth-order valence-electron chi connectivity index (χ4n) is 3.29. The van der Waals surface area contributed by atoms with Crippen LogP contribution in [0.3, 0.4) is 0 Å². The first-order valence-corrected chi connectivity index (χ1v) is 8.99. The second-order valence-electron chi connectivity index (χ2n) is 6.62. The van der Waals surface area contributed by atoms with Gasteiger partial charge in [0.25, 0.3) is 0 Å². The number of anilines is 1. The molecule has 2 N–H and O–H groups in total. The number of amides is 3. The van der Waals surface area contributed by atoms with Gasteiger partial charge < -0.3 is 29.7 Å². The Morgan fingerprint density at radius 2 is 1.96 bits per heavy atom. The Hall–Kier alpha value is -3.42. The lowest BCUT2D eigenvalue weighted by molar-refractivity contribution is -0.117. The number of fused-ring (bicyclic) bond motifs is 1. The van der Waals surface area contributed by atoms with E-state index in [1.807, 2.05) is 30.3 Å². The third-order valence-electron chi connectivity index (χ3n) is 4.73. The molecule has 28 heavy (non-hydrogen) atoms. The Morgan fingerprint density at radius 3 is 2.75 bits per heavy atom. The maximum Gasteiger partial charge on any atom is 0.315 e. The van der Waals surface area contributed by atoms with Crippen LogP contribution in [0.25, 0.3) is 0 Å². The summed E-state index contributed by atoms with van der Waals surface area (Å²) in [6.07, 6.45) is 0.267. The summed E-state index contributed by atoms with van der Waals surface area (Å²) in [5.74, 6) is 2.09. The van der Waals surface area contributed by atoms with Crippen molar-refractivity contribution in [2.45, 2.75) is 19.0 Å². The van der Waals surface area contributed by atoms with Gasteiger partial charge in [0.1, 0.15) is 5.75 Å². The van der Waals surface area contributed by atoms with Crippen molar-refractivity contribution in [3.8, 4) is 17.2 Å². The maximum atomic E-state index is 12.3. The summed E-state index contributed by atoms with van der Waals surface area (Å²) in [5, 5.41) is 5.67. The number of benzene rings is 2. The molecule has 2 aliphatic heterocycles. The average molecular weight is 383 g/mol. The molecule has 2 aliphatic rings. The van der Waals surface area contributed by atoms with Gasteiger partial charge in [-0.2, -0.15) is 0 Å². The number of carbonyl (C=O) groups is 2. The van der Waals surface area contributed by atoms with Crippen LogP contribution in [-0.2, 0) is 11.3 Å². The highest BCUT2D eigenvalue weighted by atomic mass is 16.7. The largest absolute Gasteiger partial charge is 0.497 e. The first kappa shape index (κ1) is 18.0. The quantitative estimate of drug-likeness (QED) is 0.825. The average Bonchev–Trinajstić information content (AvgIpc) is 3.32. The summed E-state index contributed by atoms with van der Waals surface area (Å²) in [4.78, 5) is 26.2. The molecule has 0 aliphatic carbocycles. The van der Waals surface area contributed by atoms with E-state index in [0.717, 1.165) is 17.0 Å². The van der Waals surface area contributed by atoms with Gasteiger partial charge in [-0.1, -0.05) is 6.07 Å². The van der Waals surface area contributed by atoms with Gasteiger partial charge in [-0.25, -0.2) is 4.79 Å². The van der Waals surface area contributed by atoms with Crippen molar-refractivity contribution in [3.63, 3.8) is 0 Å². The Labute approximate surface area is 162 Å². The highest BCUT2D eigenvalue weighted by Crippen LogP contribution is 2.32. The van der Waals surface area contributed by atoms with E-state index in [2.05, 4.69) is 10.6 Å². The molecule has 8 nitrogen and oxygen atoms in total. The second kappa shape index (κ2) is 7.67. The Morgan fingerprint density at radius 1 is 1.18 bits per heavy atom. The van der Waals surface area contributed by atoms with Gasteiger partial charge in [0.2, 0.25) is 12.7 Å². The van der Waals surface area contributed by atoms with Crippen molar-refractivity contribution in [3.05, 3.63) is 48.0 Å². The highest BCUT2D eigenvalue weighted by Gasteiger charge is 2.31. The number of rotatable bonds is 5. The zero-order valence-corrected chi connectivity index (χ0v) is 15.4. The van der Waals surface area contributed by atoms with E-state index in [0.29, 0.717) is 24.6 Å². The fourth-order valence-corrected chi connectivity index (χ4v) is 3.29. The summed E-state index contributed by atoms with van der Waals surface area (Å²) in [7, 11) is 1.60. The molecular formula is C20H21N3O5. The number of carbonyl (C=O) groups excluding carboxylic acids is 2. The summed E-state index contributed by atoms with van der Waals surface area (Å²) in [5.41, 5.74) is 1.69. The van der Waals surface area contributed by atoms with Crippen LogP contribution in [0, 0.1) is 0 Å². The van der Waals surface area contributed by atoms with Crippen LogP contribution >= 0.6 is 0 Å². The molecule has 1 atom stereocenters. The van der Waals surface area contributed by atoms with Crippen LogP contribution < -0.4 is 29.7 Å². The summed E-state index contributed by atoms with van der Waals surface area (Å²) < 4.78 is 15.7. The zero-order chi connectivity index (χ0) is 19.5. The molecule has 0 radical (unpaired) electrons. The van der Waals surface area contributed by atoms with E-state index < -0.39 is 0 Å². The fraction of sp³-hybridized carbons (Fsp3) is 0.300. The number of methoxy groups -OCH3 is 1. The van der Waals surface area contributed by atoms with E-state index >= 15 is 0 Å². The van der Waals surface area contributed by atoms with Crippen molar-refractivity contribution in [1.82, 2.24) is 10.6 Å². The molecule has 8 heteroatoms. The van der Waals surface area contributed by atoms with Gasteiger partial charge in [0.05, 0.1) is 13.2 Å². The number of hydrogen-bond acceptors (Lipinski definition) is 5. The predicted octanol–water partition coefficient (Wildman–Crippen LogP) is 2.03. The smallest absolute Gasteiger partial charge is 0.315 e. The maximum absolute atomic E-state index is 12.3. The minimum absolute atomic E-state index is 0.0220. The summed E-state index contributed by atoms with van der Waals surface area (Å²) in [6, 6.07) is 12.3. The van der Waals surface area contributed by atoms with E-state index in [4.69, 9.17) is 14.2 Å². The Kier molecular flexibility index (Phi) is 4.92. The van der Waals surface area contributed by atoms with E-state index in [1.54, 1.807) is 24.1 Å². The lowest BCUT2D eigenvalue weighted by Gasteiger charge is -2.18. The standard InChI is InChI=1S/C20H21N3O5/c1-26-16-5-3-15(4-6-16)23-11-14(9-19(23)24)22-20(25)21-10-13-2-7-17-18(8-13)28-12-27-17/h2-8,14H,9-12H2,1H3,(H2,21,22,25)/t14-/m1/s1. The zero-order valence-electron chi connectivity index (χ0n) is 15.4. The molecule has 0 spiro atoms. The van der Waals surface area contributed by atoms with Crippen LogP contribution in [0.4, 0.5) is 10.5 Å². The highest BCUT2D eigenvalue weighted by molar-refractivity contribution is 5.96. The monoisotopic (exact) mass is 383 g/mol. The van der Waals surface area contributed by atoms with Crippen LogP contribution in [0.5, 0.6) is 17.2 Å². The molecule has 0 unspecified atom stereocenters. The Balaban J connectivity index is 1.29. The number of nitrogens with zero attached hydrogens (tertiary/aromatic N) is 1. The molecule has 0 saturated carbocycles. The van der Waals surface area contributed by atoms with E-state index in [1.165, 1.54) is 0 Å². The molecule has 2 aromatic rings. The third kappa shape index (κ3) is 3.80. The molecule has 1 fully saturated rings. The van der Waals surface area contributed by atoms with Crippen molar-refractivity contribution < 1.29 is 23.8 Å². The molecule has 0 bridgehead atoms. The number of nitrogens with one attached hydrogen (secondary N) is 2. The normalized spacial score (nSPS) is 17.5. The summed E-state index contributed by atoms with van der Waals surface area (Å²) in [6.45, 7) is 1.00. The van der Waals surface area contributed by atoms with Gasteiger partial charge in [-0.05, 0) is 42.0 Å². The first-order chi connectivity index (χ1) is 13.6. The minimum atomic E-state index is -0.313. The lowest BCUT2D eigenvalue weighted by Crippen LogP contribution is -2.43. The molecule has 146 valence electrons. The summed E-state index contributed by atoms with van der Waals surface area (Å²) >= 11 is 0. The van der Waals surface area contributed by atoms with Crippen molar-refractivity contribution in [2.75, 3.05) is 25.3 Å². The van der Waals surface area contributed by atoms with Crippen molar-refractivity contribution in [1.29, 1.82) is 0 Å². The first-order valence-electron chi connectivity index (χ1n) is 8.99. The van der Waals surface area contributed by atoms with E-state index in [9.17, 15) is 9.59 Å². The van der Waals surface area contributed by atoms with Gasteiger partial charge in [0.15, 0.2) is 11.5 Å². The van der Waals surface area contributed by atoms with Crippen LogP contribution in [0.1, 0.15) is 12.0 Å². The molecular weight excluding hydrogens is 362 g/mol. The molecule has 2 heterocycles. The predicted molar refractivity (Wildman–Crippen MR) is 102 cm³/mol. The van der Waals surface area contributed by atoms with E-state index in [-0.39, 0.29) is 31.2 Å².